The molecule has 0 aromatic carbocycles. The first kappa shape index (κ1) is 17.9. The van der Waals surface area contributed by atoms with Crippen molar-refractivity contribution in [3.63, 3.8) is 0 Å². The molecule has 2 heterocycles. The monoisotopic (exact) mass is 344 g/mol. The summed E-state index contributed by atoms with van der Waals surface area (Å²) in [5.41, 5.74) is -2.04. The van der Waals surface area contributed by atoms with Crippen LogP contribution in [0.25, 0.3) is 0 Å². The van der Waals surface area contributed by atoms with Gasteiger partial charge in [-0.05, 0) is 19.9 Å². The molecule has 0 radical (unpaired) electrons. The van der Waals surface area contributed by atoms with E-state index in [1.165, 1.54) is 0 Å². The first-order valence-electron chi connectivity index (χ1n) is 6.76. The number of alkyl halides is 6. The number of hydrogen-bond acceptors (Lipinski definition) is 4. The Hall–Kier alpha value is -1.42. The predicted molar refractivity (Wildman–Crippen MR) is 65.6 cm³/mol. The van der Waals surface area contributed by atoms with E-state index >= 15 is 0 Å². The molecule has 0 N–H and O–H groups in total. The average Bonchev–Trinajstić information content (AvgIpc) is 2.57. The summed E-state index contributed by atoms with van der Waals surface area (Å²) in [6.07, 6.45) is -11.4. The largest absolute Gasteiger partial charge is 0.451 e. The van der Waals surface area contributed by atoms with Gasteiger partial charge in [0.2, 0.25) is 5.82 Å². The third-order valence-electron chi connectivity index (χ3n) is 3.49. The van der Waals surface area contributed by atoms with E-state index in [0.29, 0.717) is 6.07 Å². The van der Waals surface area contributed by atoms with Gasteiger partial charge in [-0.2, -0.15) is 26.3 Å². The van der Waals surface area contributed by atoms with Crippen LogP contribution in [0.3, 0.4) is 0 Å². The Morgan fingerprint density at radius 2 is 1.43 bits per heavy atom. The Morgan fingerprint density at radius 1 is 0.913 bits per heavy atom. The highest BCUT2D eigenvalue weighted by Crippen LogP contribution is 2.36. The molecule has 2 atom stereocenters. The molecule has 2 rings (SSSR count). The van der Waals surface area contributed by atoms with Gasteiger partial charge >= 0.3 is 12.4 Å². The van der Waals surface area contributed by atoms with E-state index in [4.69, 9.17) is 9.47 Å². The normalized spacial score (nSPS) is 26.9. The number of halogens is 6. The molecule has 10 heteroatoms. The first-order chi connectivity index (χ1) is 10.5. The third kappa shape index (κ3) is 4.11. The lowest BCUT2D eigenvalue weighted by atomic mass is 9.93. The summed E-state index contributed by atoms with van der Waals surface area (Å²) in [6.45, 7) is 3.51. The Kier molecular flexibility index (Phi) is 4.86. The van der Waals surface area contributed by atoms with Crippen molar-refractivity contribution < 1.29 is 35.8 Å². The number of ether oxygens (including phenoxy) is 2. The van der Waals surface area contributed by atoms with Crippen molar-refractivity contribution in [1.29, 1.82) is 0 Å². The molecule has 0 saturated carbocycles. The van der Waals surface area contributed by atoms with Gasteiger partial charge in [-0.3, -0.25) is 0 Å². The van der Waals surface area contributed by atoms with Crippen LogP contribution in [0.1, 0.15) is 37.0 Å². The van der Waals surface area contributed by atoms with E-state index in [2.05, 4.69) is 9.97 Å². The SMILES string of the molecule is CC1OCCOC(C)C1c1cc(C(F)(F)F)nc(C(F)(F)F)n1. The fourth-order valence-electron chi connectivity index (χ4n) is 2.45. The van der Waals surface area contributed by atoms with Crippen molar-refractivity contribution in [2.24, 2.45) is 0 Å². The zero-order valence-corrected chi connectivity index (χ0v) is 12.2. The Morgan fingerprint density at radius 3 is 1.87 bits per heavy atom. The van der Waals surface area contributed by atoms with Crippen molar-refractivity contribution >= 4 is 0 Å². The number of hydrogen-bond donors (Lipinski definition) is 0. The highest BCUT2D eigenvalue weighted by Gasteiger charge is 2.42. The van der Waals surface area contributed by atoms with E-state index in [1.54, 1.807) is 13.8 Å². The summed E-state index contributed by atoms with van der Waals surface area (Å²) in [4.78, 5) is 5.89. The van der Waals surface area contributed by atoms with Crippen LogP contribution in [-0.2, 0) is 21.8 Å². The first-order valence-corrected chi connectivity index (χ1v) is 6.76. The second-order valence-corrected chi connectivity index (χ2v) is 5.17. The van der Waals surface area contributed by atoms with Crippen molar-refractivity contribution in [3.8, 4) is 0 Å². The molecule has 1 aromatic rings. The van der Waals surface area contributed by atoms with Crippen LogP contribution < -0.4 is 0 Å². The molecule has 23 heavy (non-hydrogen) atoms. The number of nitrogens with zero attached hydrogens (tertiary/aromatic N) is 2. The van der Waals surface area contributed by atoms with Gasteiger partial charge in [-0.15, -0.1) is 0 Å². The van der Waals surface area contributed by atoms with Crippen LogP contribution in [0, 0.1) is 0 Å². The van der Waals surface area contributed by atoms with Crippen LogP contribution in [0.15, 0.2) is 6.07 Å². The molecule has 0 amide bonds. The minimum absolute atomic E-state index is 0.200. The van der Waals surface area contributed by atoms with E-state index in [0.717, 1.165) is 0 Å². The fraction of sp³-hybridized carbons (Fsp3) is 0.692. The van der Waals surface area contributed by atoms with E-state index in [9.17, 15) is 26.3 Å². The molecular weight excluding hydrogens is 330 g/mol. The summed E-state index contributed by atoms with van der Waals surface area (Å²) < 4.78 is 87.7. The molecule has 1 saturated heterocycles. The van der Waals surface area contributed by atoms with Crippen LogP contribution in [0.2, 0.25) is 0 Å². The summed E-state index contributed by atoms with van der Waals surface area (Å²) >= 11 is 0. The molecule has 4 nitrogen and oxygen atoms in total. The van der Waals surface area contributed by atoms with Gasteiger partial charge in [0.25, 0.3) is 0 Å². The Bertz CT molecular complexity index is 516. The summed E-state index contributed by atoms with van der Waals surface area (Å²) in [6, 6.07) is 0.519. The minimum Gasteiger partial charge on any atom is -0.375 e. The predicted octanol–water partition coefficient (Wildman–Crippen LogP) is 3.42. The summed E-state index contributed by atoms with van der Waals surface area (Å²) in [5.74, 6) is -2.70. The molecule has 0 aliphatic carbocycles. The zero-order valence-electron chi connectivity index (χ0n) is 12.2. The maximum absolute atomic E-state index is 12.9. The topological polar surface area (TPSA) is 44.2 Å². The van der Waals surface area contributed by atoms with Gasteiger partial charge in [-0.1, -0.05) is 0 Å². The van der Waals surface area contributed by atoms with Gasteiger partial charge in [-0.25, -0.2) is 9.97 Å². The van der Waals surface area contributed by atoms with E-state index in [1.807, 2.05) is 0 Å². The average molecular weight is 344 g/mol. The van der Waals surface area contributed by atoms with Gasteiger partial charge in [0.15, 0.2) is 0 Å². The van der Waals surface area contributed by atoms with Gasteiger partial charge < -0.3 is 9.47 Å². The molecule has 2 unspecified atom stereocenters. The molecule has 0 spiro atoms. The number of aromatic nitrogens is 2. The van der Waals surface area contributed by atoms with Gasteiger partial charge in [0.05, 0.1) is 37.0 Å². The van der Waals surface area contributed by atoms with Crippen molar-refractivity contribution in [2.75, 3.05) is 13.2 Å². The van der Waals surface area contributed by atoms with Crippen LogP contribution in [0.4, 0.5) is 26.3 Å². The van der Waals surface area contributed by atoms with Crippen LogP contribution in [0.5, 0.6) is 0 Å². The molecule has 1 fully saturated rings. The van der Waals surface area contributed by atoms with E-state index < -0.39 is 47.7 Å². The standard InChI is InChI=1S/C13H14F6N2O2/c1-6-10(7(2)23-4-3-22-6)8-5-9(12(14,15)16)21-11(20-8)13(17,18)19/h5-7,10H,3-4H2,1-2H3. The third-order valence-corrected chi connectivity index (χ3v) is 3.49. The maximum atomic E-state index is 12.9. The molecule has 1 aliphatic rings. The molecular formula is C13H14F6N2O2. The minimum atomic E-state index is -5.09. The molecule has 0 bridgehead atoms. The Labute approximate surface area is 127 Å². The van der Waals surface area contributed by atoms with Crippen molar-refractivity contribution in [2.45, 2.75) is 44.3 Å². The van der Waals surface area contributed by atoms with Crippen LogP contribution >= 0.6 is 0 Å². The molecule has 130 valence electrons. The van der Waals surface area contributed by atoms with Crippen LogP contribution in [-0.4, -0.2) is 35.4 Å². The molecule has 1 aromatic heterocycles. The second-order valence-electron chi connectivity index (χ2n) is 5.17. The lowest BCUT2D eigenvalue weighted by molar-refractivity contribution is -0.153. The van der Waals surface area contributed by atoms with Gasteiger partial charge in [0.1, 0.15) is 5.69 Å². The maximum Gasteiger partial charge on any atom is 0.451 e. The van der Waals surface area contributed by atoms with E-state index in [-0.39, 0.29) is 13.2 Å². The smallest absolute Gasteiger partial charge is 0.375 e. The quantitative estimate of drug-likeness (QED) is 0.733. The van der Waals surface area contributed by atoms with Gasteiger partial charge in [0, 0.05) is 0 Å². The van der Waals surface area contributed by atoms with Crippen molar-refractivity contribution in [1.82, 2.24) is 9.97 Å². The summed E-state index contributed by atoms with van der Waals surface area (Å²) in [5, 5.41) is 0. The Balaban J connectivity index is 2.56. The highest BCUT2D eigenvalue weighted by atomic mass is 19.4. The lowest BCUT2D eigenvalue weighted by Gasteiger charge is -2.26. The summed E-state index contributed by atoms with van der Waals surface area (Å²) in [7, 11) is 0. The second kappa shape index (κ2) is 6.23. The molecule has 1 aliphatic heterocycles. The number of rotatable bonds is 1. The van der Waals surface area contributed by atoms with Crippen molar-refractivity contribution in [3.05, 3.63) is 23.3 Å². The lowest BCUT2D eigenvalue weighted by Crippen LogP contribution is -2.29. The fourth-order valence-corrected chi connectivity index (χ4v) is 2.45. The highest BCUT2D eigenvalue weighted by molar-refractivity contribution is 5.21. The zero-order chi connectivity index (χ0) is 17.4.